The number of carbonyl (C=O) groups excluding carboxylic acids is 1. The molecular weight excluding hydrogens is 382 g/mol. The Kier molecular flexibility index (Phi) is 4.56. The monoisotopic (exact) mass is 405 g/mol. The molecule has 1 fully saturated rings. The normalized spacial score (nSPS) is 19.9. The topological polar surface area (TPSA) is 83.9 Å². The number of pyridine rings is 1. The van der Waals surface area contributed by atoms with E-state index in [1.165, 1.54) is 0 Å². The van der Waals surface area contributed by atoms with Crippen molar-refractivity contribution in [2.24, 2.45) is 0 Å². The van der Waals surface area contributed by atoms with Crippen molar-refractivity contribution in [3.63, 3.8) is 0 Å². The van der Waals surface area contributed by atoms with Gasteiger partial charge in [0.1, 0.15) is 28.9 Å². The Balaban J connectivity index is 1.34. The van der Waals surface area contributed by atoms with Crippen LogP contribution in [0.15, 0.2) is 54.6 Å². The molecule has 2 aromatic carbocycles. The summed E-state index contributed by atoms with van der Waals surface area (Å²) in [4.78, 5) is 19.4. The van der Waals surface area contributed by atoms with E-state index in [0.717, 1.165) is 10.9 Å². The van der Waals surface area contributed by atoms with Gasteiger partial charge >= 0.3 is 0 Å². The molecule has 2 aliphatic rings. The molecule has 3 heterocycles. The predicted octanol–water partition coefficient (Wildman–Crippen LogP) is 2.85. The maximum absolute atomic E-state index is 13.1. The third-order valence-electron chi connectivity index (χ3n) is 5.90. The summed E-state index contributed by atoms with van der Waals surface area (Å²) in [6.07, 6.45) is 0.356. The number of rotatable bonds is 2. The molecule has 0 saturated carbocycles. The van der Waals surface area contributed by atoms with Gasteiger partial charge in [0, 0.05) is 36.9 Å². The summed E-state index contributed by atoms with van der Waals surface area (Å²) in [6.45, 7) is 1.01. The number of methoxy groups -OCH3 is 1. The van der Waals surface area contributed by atoms with Crippen molar-refractivity contribution >= 4 is 16.8 Å². The van der Waals surface area contributed by atoms with Crippen LogP contribution in [-0.2, 0) is 0 Å². The number of hydrogen-bond acceptors (Lipinski definition) is 6. The highest BCUT2D eigenvalue weighted by Crippen LogP contribution is 2.37. The zero-order chi connectivity index (χ0) is 20.7. The van der Waals surface area contributed by atoms with Gasteiger partial charge in [0.15, 0.2) is 5.72 Å². The summed E-state index contributed by atoms with van der Waals surface area (Å²) in [7, 11) is 1.60. The second-order valence-electron chi connectivity index (χ2n) is 7.70. The van der Waals surface area contributed by atoms with Crippen molar-refractivity contribution in [1.82, 2.24) is 15.2 Å². The largest absolute Gasteiger partial charge is 0.494 e. The van der Waals surface area contributed by atoms with E-state index in [0.29, 0.717) is 48.6 Å². The van der Waals surface area contributed by atoms with Crippen molar-refractivity contribution in [3.05, 3.63) is 65.9 Å². The van der Waals surface area contributed by atoms with Crippen LogP contribution in [0.3, 0.4) is 0 Å². The van der Waals surface area contributed by atoms with Crippen molar-refractivity contribution in [1.29, 1.82) is 0 Å². The summed E-state index contributed by atoms with van der Waals surface area (Å²) in [5, 5.41) is 14.6. The Morgan fingerprint density at radius 1 is 1.17 bits per heavy atom. The fourth-order valence-corrected chi connectivity index (χ4v) is 4.25. The van der Waals surface area contributed by atoms with Gasteiger partial charge in [0.2, 0.25) is 0 Å². The molecule has 1 aromatic heterocycles. The number of para-hydroxylation sites is 2. The number of benzene rings is 2. The minimum Gasteiger partial charge on any atom is -0.494 e. The lowest BCUT2D eigenvalue weighted by Gasteiger charge is -2.46. The molecule has 0 radical (unpaired) electrons. The molecule has 2 aliphatic heterocycles. The third-order valence-corrected chi connectivity index (χ3v) is 5.90. The number of likely N-dealkylation sites (tertiary alicyclic amines) is 1. The van der Waals surface area contributed by atoms with Crippen LogP contribution in [0.1, 0.15) is 35.1 Å². The molecule has 1 spiro atoms. The van der Waals surface area contributed by atoms with Gasteiger partial charge < -0.3 is 19.5 Å². The van der Waals surface area contributed by atoms with Gasteiger partial charge in [-0.25, -0.2) is 4.98 Å². The van der Waals surface area contributed by atoms with Crippen LogP contribution < -0.4 is 14.8 Å². The molecule has 1 atom stereocenters. The molecule has 7 nitrogen and oxygen atoms in total. The molecule has 1 saturated heterocycles. The highest BCUT2D eigenvalue weighted by atomic mass is 16.5. The van der Waals surface area contributed by atoms with Crippen LogP contribution in [0.25, 0.3) is 10.9 Å². The molecule has 1 unspecified atom stereocenters. The van der Waals surface area contributed by atoms with Crippen LogP contribution in [0.5, 0.6) is 11.5 Å². The summed E-state index contributed by atoms with van der Waals surface area (Å²) in [6, 6.07) is 16.8. The number of aromatic nitrogens is 1. The van der Waals surface area contributed by atoms with Crippen LogP contribution in [0, 0.1) is 0 Å². The maximum Gasteiger partial charge on any atom is 0.272 e. The zero-order valence-electron chi connectivity index (χ0n) is 16.7. The molecule has 0 bridgehead atoms. The SMILES string of the molecule is COc1cccc2ccc(C(=O)N3CCC4(CC3)NC(O)c3ccccc3O4)nc12. The van der Waals surface area contributed by atoms with E-state index < -0.39 is 12.0 Å². The Hall–Kier alpha value is -3.16. The first-order chi connectivity index (χ1) is 14.6. The number of piperidine rings is 1. The van der Waals surface area contributed by atoms with Crippen molar-refractivity contribution in [2.75, 3.05) is 20.2 Å². The maximum atomic E-state index is 13.1. The standard InChI is InChI=1S/C23H23N3O4/c1-29-19-8-4-5-15-9-10-17(24-20(15)19)22(28)26-13-11-23(12-14-26)25-21(27)16-6-2-3-7-18(16)30-23/h2-10,21,25,27H,11-14H2,1H3. The molecule has 1 amide bonds. The molecule has 7 heteroatoms. The Bertz CT molecular complexity index is 1110. The average molecular weight is 405 g/mol. The Labute approximate surface area is 174 Å². The van der Waals surface area contributed by atoms with E-state index in [1.807, 2.05) is 48.5 Å². The first kappa shape index (κ1) is 18.8. The number of nitrogens with zero attached hydrogens (tertiary/aromatic N) is 2. The van der Waals surface area contributed by atoms with Crippen molar-refractivity contribution in [2.45, 2.75) is 24.8 Å². The number of nitrogens with one attached hydrogen (secondary N) is 1. The number of hydrogen-bond donors (Lipinski definition) is 2. The van der Waals surface area contributed by atoms with Gasteiger partial charge in [0.25, 0.3) is 5.91 Å². The van der Waals surface area contributed by atoms with Crippen LogP contribution in [-0.4, -0.2) is 46.8 Å². The minimum atomic E-state index is -0.785. The number of aliphatic hydroxyl groups is 1. The molecule has 3 aromatic rings. The number of amides is 1. The van der Waals surface area contributed by atoms with E-state index >= 15 is 0 Å². The van der Waals surface area contributed by atoms with Gasteiger partial charge in [0.05, 0.1) is 7.11 Å². The predicted molar refractivity (Wildman–Crippen MR) is 111 cm³/mol. The quantitative estimate of drug-likeness (QED) is 0.682. The first-order valence-electron chi connectivity index (χ1n) is 10.1. The molecule has 2 N–H and O–H groups in total. The summed E-state index contributed by atoms with van der Waals surface area (Å²) >= 11 is 0. The van der Waals surface area contributed by atoms with E-state index in [2.05, 4.69) is 10.3 Å². The lowest BCUT2D eigenvalue weighted by Crippen LogP contribution is -2.60. The fraction of sp³-hybridized carbons (Fsp3) is 0.304. The van der Waals surface area contributed by atoms with Crippen molar-refractivity contribution in [3.8, 4) is 11.5 Å². The highest BCUT2D eigenvalue weighted by molar-refractivity contribution is 5.96. The van der Waals surface area contributed by atoms with Crippen molar-refractivity contribution < 1.29 is 19.4 Å². The molecule has 0 aliphatic carbocycles. The van der Waals surface area contributed by atoms with E-state index in [-0.39, 0.29) is 5.91 Å². The van der Waals surface area contributed by atoms with Crippen LogP contribution in [0.2, 0.25) is 0 Å². The lowest BCUT2D eigenvalue weighted by atomic mass is 9.96. The number of aliphatic hydroxyl groups excluding tert-OH is 1. The van der Waals surface area contributed by atoms with Gasteiger partial charge in [-0.15, -0.1) is 0 Å². The fourth-order valence-electron chi connectivity index (χ4n) is 4.25. The minimum absolute atomic E-state index is 0.116. The highest BCUT2D eigenvalue weighted by Gasteiger charge is 2.43. The summed E-state index contributed by atoms with van der Waals surface area (Å²) < 4.78 is 11.6. The second-order valence-corrected chi connectivity index (χ2v) is 7.70. The average Bonchev–Trinajstić information content (AvgIpc) is 2.78. The number of ether oxygens (including phenoxy) is 2. The zero-order valence-corrected chi connectivity index (χ0v) is 16.7. The molecule has 5 rings (SSSR count). The molecule has 30 heavy (non-hydrogen) atoms. The van der Waals surface area contributed by atoms with Crippen LogP contribution in [0.4, 0.5) is 0 Å². The smallest absolute Gasteiger partial charge is 0.272 e. The van der Waals surface area contributed by atoms with Gasteiger partial charge in [-0.05, 0) is 18.2 Å². The first-order valence-corrected chi connectivity index (χ1v) is 10.1. The van der Waals surface area contributed by atoms with Crippen LogP contribution >= 0.6 is 0 Å². The summed E-state index contributed by atoms with van der Waals surface area (Å²) in [5.41, 5.74) is 1.13. The second kappa shape index (κ2) is 7.27. The van der Waals surface area contributed by atoms with E-state index in [9.17, 15) is 9.90 Å². The Morgan fingerprint density at radius 3 is 2.77 bits per heavy atom. The summed E-state index contributed by atoms with van der Waals surface area (Å²) in [5.74, 6) is 1.22. The number of carbonyl (C=O) groups is 1. The molecular formula is C23H23N3O4. The third kappa shape index (κ3) is 3.16. The number of fused-ring (bicyclic) bond motifs is 2. The molecule has 154 valence electrons. The van der Waals surface area contributed by atoms with E-state index in [4.69, 9.17) is 9.47 Å². The Morgan fingerprint density at radius 2 is 1.97 bits per heavy atom. The van der Waals surface area contributed by atoms with Gasteiger partial charge in [-0.3, -0.25) is 10.1 Å². The van der Waals surface area contributed by atoms with Gasteiger partial charge in [-0.2, -0.15) is 0 Å². The lowest BCUT2D eigenvalue weighted by molar-refractivity contribution is -0.0809. The van der Waals surface area contributed by atoms with E-state index in [1.54, 1.807) is 18.1 Å². The van der Waals surface area contributed by atoms with Gasteiger partial charge in [-0.1, -0.05) is 36.4 Å².